The van der Waals surface area contributed by atoms with Gasteiger partial charge < -0.3 is 4.74 Å². The number of hydrogen-bond acceptors (Lipinski definition) is 2. The van der Waals surface area contributed by atoms with Crippen LogP contribution in [-0.2, 0) is 9.53 Å². The number of allylic oxidation sites excluding steroid dienone is 1. The van der Waals surface area contributed by atoms with Gasteiger partial charge in [-0.1, -0.05) is 18.8 Å². The summed E-state index contributed by atoms with van der Waals surface area (Å²) in [5, 5.41) is 0. The molecular formula is C11H12O2. The zero-order valence-corrected chi connectivity index (χ0v) is 7.89. The van der Waals surface area contributed by atoms with Gasteiger partial charge in [0.2, 0.25) is 0 Å². The molecule has 0 aromatic heterocycles. The Bertz CT molecular complexity index is 292. The second-order valence-electron chi connectivity index (χ2n) is 2.18. The average molecular weight is 176 g/mol. The molecular weight excluding hydrogens is 164 g/mol. The third-order valence-electron chi connectivity index (χ3n) is 1.10. The standard InChI is InChI=1S/C11H12O2/c1-3-4-5-6-7-8-9-10-11(12)13-2/h9-10H,3-4H2,1-2H3/b10-9-. The van der Waals surface area contributed by atoms with Gasteiger partial charge >= 0.3 is 5.97 Å². The zero-order chi connectivity index (χ0) is 9.94. The molecule has 2 heteroatoms. The van der Waals surface area contributed by atoms with Gasteiger partial charge in [0.1, 0.15) is 0 Å². The van der Waals surface area contributed by atoms with Crippen molar-refractivity contribution in [3.05, 3.63) is 12.2 Å². The van der Waals surface area contributed by atoms with E-state index >= 15 is 0 Å². The number of methoxy groups -OCH3 is 1. The summed E-state index contributed by atoms with van der Waals surface area (Å²) in [6, 6.07) is 0. The Morgan fingerprint density at radius 2 is 2.23 bits per heavy atom. The van der Waals surface area contributed by atoms with Crippen molar-refractivity contribution in [1.82, 2.24) is 0 Å². The predicted molar refractivity (Wildman–Crippen MR) is 51.6 cm³/mol. The molecule has 68 valence electrons. The Morgan fingerprint density at radius 3 is 2.85 bits per heavy atom. The van der Waals surface area contributed by atoms with Gasteiger partial charge in [-0.15, -0.1) is 0 Å². The van der Waals surface area contributed by atoms with Gasteiger partial charge in [0.25, 0.3) is 0 Å². The first-order valence-corrected chi connectivity index (χ1v) is 4.04. The first-order valence-electron chi connectivity index (χ1n) is 4.04. The molecule has 0 fully saturated rings. The molecule has 0 radical (unpaired) electrons. The van der Waals surface area contributed by atoms with Crippen LogP contribution in [0.2, 0.25) is 0 Å². The lowest BCUT2D eigenvalue weighted by Crippen LogP contribution is -1.92. The molecule has 0 atom stereocenters. The highest BCUT2D eigenvalue weighted by molar-refractivity contribution is 5.82. The van der Waals surface area contributed by atoms with E-state index in [1.165, 1.54) is 19.3 Å². The molecule has 0 N–H and O–H groups in total. The van der Waals surface area contributed by atoms with Crippen LogP contribution in [-0.4, -0.2) is 13.1 Å². The molecule has 0 saturated carbocycles. The number of carbonyl (C=O) groups is 1. The minimum Gasteiger partial charge on any atom is -0.466 e. The normalized spacial score (nSPS) is 8.15. The van der Waals surface area contributed by atoms with Gasteiger partial charge in [0.15, 0.2) is 0 Å². The van der Waals surface area contributed by atoms with Crippen LogP contribution in [0.25, 0.3) is 0 Å². The third kappa shape index (κ3) is 8.23. The summed E-state index contributed by atoms with van der Waals surface area (Å²) < 4.78 is 4.37. The van der Waals surface area contributed by atoms with Crippen LogP contribution in [0.4, 0.5) is 0 Å². The quantitative estimate of drug-likeness (QED) is 0.362. The highest BCUT2D eigenvalue weighted by Crippen LogP contribution is 1.80. The molecule has 0 saturated heterocycles. The molecule has 0 unspecified atom stereocenters. The molecule has 0 bridgehead atoms. The number of unbranched alkanes of at least 4 members (excludes halogenated alkanes) is 1. The maximum absolute atomic E-state index is 10.5. The fraction of sp³-hybridized carbons (Fsp3) is 0.364. The fourth-order valence-electron chi connectivity index (χ4n) is 0.487. The summed E-state index contributed by atoms with van der Waals surface area (Å²) >= 11 is 0. The molecule has 0 amide bonds. The van der Waals surface area contributed by atoms with Crippen molar-refractivity contribution in [2.45, 2.75) is 19.8 Å². The van der Waals surface area contributed by atoms with Crippen LogP contribution in [0.1, 0.15) is 19.8 Å². The lowest BCUT2D eigenvalue weighted by Gasteiger charge is -1.84. The summed E-state index contributed by atoms with van der Waals surface area (Å²) in [7, 11) is 1.32. The molecule has 0 aliphatic carbocycles. The van der Waals surface area contributed by atoms with Gasteiger partial charge in [-0.25, -0.2) is 4.79 Å². The number of esters is 1. The topological polar surface area (TPSA) is 26.3 Å². The largest absolute Gasteiger partial charge is 0.466 e. The zero-order valence-electron chi connectivity index (χ0n) is 7.89. The van der Waals surface area contributed by atoms with Crippen molar-refractivity contribution in [2.75, 3.05) is 7.11 Å². The Balaban J connectivity index is 3.81. The molecule has 0 spiro atoms. The molecule has 0 aromatic carbocycles. The maximum atomic E-state index is 10.5. The van der Waals surface area contributed by atoms with E-state index in [2.05, 4.69) is 35.3 Å². The summed E-state index contributed by atoms with van der Waals surface area (Å²) in [5.41, 5.74) is 0. The van der Waals surface area contributed by atoms with E-state index in [1.54, 1.807) is 0 Å². The van der Waals surface area contributed by atoms with Crippen LogP contribution >= 0.6 is 0 Å². The summed E-state index contributed by atoms with van der Waals surface area (Å²) in [4.78, 5) is 10.5. The number of hydrogen-bond donors (Lipinski definition) is 0. The van der Waals surface area contributed by atoms with E-state index in [4.69, 9.17) is 0 Å². The second-order valence-corrected chi connectivity index (χ2v) is 2.18. The van der Waals surface area contributed by atoms with Crippen molar-refractivity contribution in [1.29, 1.82) is 0 Å². The average Bonchev–Trinajstić information content (AvgIpc) is 2.16. The van der Waals surface area contributed by atoms with Crippen molar-refractivity contribution < 1.29 is 9.53 Å². The lowest BCUT2D eigenvalue weighted by molar-refractivity contribution is -0.134. The SMILES string of the molecule is CCCC#CC#C/C=C\C(=O)OC. The minimum absolute atomic E-state index is 0.407. The van der Waals surface area contributed by atoms with Crippen molar-refractivity contribution >= 4 is 5.97 Å². The molecule has 0 heterocycles. The maximum Gasteiger partial charge on any atom is 0.331 e. The monoisotopic (exact) mass is 176 g/mol. The van der Waals surface area contributed by atoms with Gasteiger partial charge in [-0.2, -0.15) is 0 Å². The Morgan fingerprint density at radius 1 is 1.46 bits per heavy atom. The highest BCUT2D eigenvalue weighted by Gasteiger charge is 1.85. The lowest BCUT2D eigenvalue weighted by atomic mass is 10.3. The number of carbonyl (C=O) groups excluding carboxylic acids is 1. The predicted octanol–water partition coefficient (Wildman–Crippen LogP) is 1.52. The van der Waals surface area contributed by atoms with E-state index in [0.717, 1.165) is 12.8 Å². The summed E-state index contributed by atoms with van der Waals surface area (Å²) in [6.45, 7) is 2.05. The highest BCUT2D eigenvalue weighted by atomic mass is 16.5. The van der Waals surface area contributed by atoms with E-state index in [-0.39, 0.29) is 0 Å². The van der Waals surface area contributed by atoms with E-state index < -0.39 is 5.97 Å². The molecule has 0 aliphatic heterocycles. The van der Waals surface area contributed by atoms with Crippen LogP contribution in [0.15, 0.2) is 12.2 Å². The molecule has 0 aromatic rings. The van der Waals surface area contributed by atoms with Crippen LogP contribution in [0.5, 0.6) is 0 Å². The van der Waals surface area contributed by atoms with Gasteiger partial charge in [0.05, 0.1) is 7.11 Å². The number of rotatable bonds is 2. The summed E-state index contributed by atoms with van der Waals surface area (Å²) in [5.74, 6) is 10.3. The molecule has 13 heavy (non-hydrogen) atoms. The second kappa shape index (κ2) is 8.43. The first-order chi connectivity index (χ1) is 6.31. The van der Waals surface area contributed by atoms with Gasteiger partial charge in [-0.05, 0) is 24.3 Å². The minimum atomic E-state index is -0.407. The van der Waals surface area contributed by atoms with E-state index in [0.29, 0.717) is 0 Å². The van der Waals surface area contributed by atoms with E-state index in [1.807, 2.05) is 0 Å². The third-order valence-corrected chi connectivity index (χ3v) is 1.10. The Kier molecular flexibility index (Phi) is 7.34. The van der Waals surface area contributed by atoms with Crippen LogP contribution < -0.4 is 0 Å². The van der Waals surface area contributed by atoms with Crippen LogP contribution in [0.3, 0.4) is 0 Å². The van der Waals surface area contributed by atoms with Crippen molar-refractivity contribution in [3.8, 4) is 23.7 Å². The first kappa shape index (κ1) is 11.3. The fourth-order valence-corrected chi connectivity index (χ4v) is 0.487. The van der Waals surface area contributed by atoms with Crippen molar-refractivity contribution in [2.24, 2.45) is 0 Å². The Hall–Kier alpha value is -1.67. The molecule has 0 rings (SSSR count). The van der Waals surface area contributed by atoms with Gasteiger partial charge in [-0.3, -0.25) is 0 Å². The molecule has 2 nitrogen and oxygen atoms in total. The molecule has 0 aliphatic rings. The smallest absolute Gasteiger partial charge is 0.331 e. The van der Waals surface area contributed by atoms with Crippen LogP contribution in [0, 0.1) is 23.7 Å². The van der Waals surface area contributed by atoms with Gasteiger partial charge in [0, 0.05) is 12.5 Å². The van der Waals surface area contributed by atoms with E-state index in [9.17, 15) is 4.79 Å². The summed E-state index contributed by atoms with van der Waals surface area (Å²) in [6.07, 6.45) is 4.57. The number of ether oxygens (including phenoxy) is 1. The van der Waals surface area contributed by atoms with Crippen molar-refractivity contribution in [3.63, 3.8) is 0 Å². The Labute approximate surface area is 79.0 Å².